The molecule has 4 rings (SSSR count). The van der Waals surface area contributed by atoms with Crippen molar-refractivity contribution in [2.75, 3.05) is 13.2 Å². The molecule has 0 bridgehead atoms. The zero-order valence-corrected chi connectivity index (χ0v) is 16.5. The summed E-state index contributed by atoms with van der Waals surface area (Å²) in [5.41, 5.74) is 1.88. The van der Waals surface area contributed by atoms with Crippen molar-refractivity contribution >= 4 is 0 Å². The second kappa shape index (κ2) is 9.08. The van der Waals surface area contributed by atoms with Gasteiger partial charge in [-0.3, -0.25) is 0 Å². The minimum Gasteiger partial charge on any atom is -0.394 e. The first-order valence-electron chi connectivity index (χ1n) is 10.1. The maximum atomic E-state index is 10.4. The first-order chi connectivity index (χ1) is 14.7. The zero-order chi connectivity index (χ0) is 21.0. The second-order valence-electron chi connectivity index (χ2n) is 7.47. The van der Waals surface area contributed by atoms with Gasteiger partial charge in [0.25, 0.3) is 0 Å². The quantitative estimate of drug-likeness (QED) is 0.526. The molecule has 5 heteroatoms. The highest BCUT2D eigenvalue weighted by molar-refractivity contribution is 5.47. The van der Waals surface area contributed by atoms with Gasteiger partial charge in [-0.15, -0.1) is 0 Å². The Bertz CT molecular complexity index is 819. The van der Waals surface area contributed by atoms with E-state index in [9.17, 15) is 15.3 Å². The molecule has 1 heterocycles. The third-order valence-electron chi connectivity index (χ3n) is 5.65. The first kappa shape index (κ1) is 20.7. The molecule has 4 unspecified atom stereocenters. The normalized spacial score (nSPS) is 24.1. The predicted octanol–water partition coefficient (Wildman–Crippen LogP) is 2.48. The highest BCUT2D eigenvalue weighted by atomic mass is 16.6. The van der Waals surface area contributed by atoms with E-state index in [0.29, 0.717) is 0 Å². The highest BCUT2D eigenvalue weighted by Crippen LogP contribution is 2.41. The van der Waals surface area contributed by atoms with Crippen LogP contribution < -0.4 is 0 Å². The van der Waals surface area contributed by atoms with E-state index in [-0.39, 0.29) is 13.2 Å². The molecule has 3 N–H and O–H groups in total. The van der Waals surface area contributed by atoms with Crippen LogP contribution in [0, 0.1) is 0 Å². The van der Waals surface area contributed by atoms with Gasteiger partial charge in [0.15, 0.2) is 0 Å². The predicted molar refractivity (Wildman–Crippen MR) is 113 cm³/mol. The summed E-state index contributed by atoms with van der Waals surface area (Å²) in [5.74, 6) is 0. The molecule has 3 aromatic carbocycles. The molecule has 1 aliphatic heterocycles. The third kappa shape index (κ3) is 3.78. The monoisotopic (exact) mass is 406 g/mol. The molecule has 30 heavy (non-hydrogen) atoms. The molecule has 0 spiro atoms. The number of aliphatic hydroxyl groups excluding tert-OH is 3. The van der Waals surface area contributed by atoms with E-state index < -0.39 is 30.0 Å². The number of hydrogen-bond donors (Lipinski definition) is 3. The van der Waals surface area contributed by atoms with Crippen LogP contribution in [0.2, 0.25) is 0 Å². The highest BCUT2D eigenvalue weighted by Gasteiger charge is 2.45. The lowest BCUT2D eigenvalue weighted by Gasteiger charge is -2.37. The Morgan fingerprint density at radius 3 is 1.43 bits per heavy atom. The third-order valence-corrected chi connectivity index (χ3v) is 5.65. The van der Waals surface area contributed by atoms with Crippen LogP contribution in [0.4, 0.5) is 0 Å². The molecule has 0 amide bonds. The summed E-state index contributed by atoms with van der Waals surface area (Å²) >= 11 is 0. The number of hydrogen-bond acceptors (Lipinski definition) is 5. The van der Waals surface area contributed by atoms with E-state index in [1.807, 2.05) is 91.0 Å². The van der Waals surface area contributed by atoms with Crippen LogP contribution >= 0.6 is 0 Å². The van der Waals surface area contributed by atoms with Gasteiger partial charge >= 0.3 is 0 Å². The number of ether oxygens (including phenoxy) is 2. The van der Waals surface area contributed by atoms with Crippen LogP contribution in [0.1, 0.15) is 16.7 Å². The van der Waals surface area contributed by atoms with Crippen LogP contribution in [-0.4, -0.2) is 52.9 Å². The van der Waals surface area contributed by atoms with Gasteiger partial charge < -0.3 is 24.8 Å². The topological polar surface area (TPSA) is 79.2 Å². The van der Waals surface area contributed by atoms with Crippen LogP contribution in [-0.2, 0) is 15.1 Å². The largest absolute Gasteiger partial charge is 0.394 e. The minimum atomic E-state index is -1.15. The molecule has 156 valence electrons. The summed E-state index contributed by atoms with van der Waals surface area (Å²) in [6, 6.07) is 29.7. The fourth-order valence-electron chi connectivity index (χ4n) is 4.09. The summed E-state index contributed by atoms with van der Waals surface area (Å²) in [7, 11) is 0. The lowest BCUT2D eigenvalue weighted by atomic mass is 9.80. The number of rotatable bonds is 7. The maximum Gasteiger partial charge on any atom is 0.143 e. The molecule has 0 aromatic heterocycles. The second-order valence-corrected chi connectivity index (χ2v) is 7.47. The van der Waals surface area contributed by atoms with Gasteiger partial charge in [-0.05, 0) is 16.7 Å². The molecule has 0 saturated carbocycles. The Morgan fingerprint density at radius 1 is 0.667 bits per heavy atom. The van der Waals surface area contributed by atoms with Crippen LogP contribution in [0.15, 0.2) is 91.0 Å². The average molecular weight is 406 g/mol. The van der Waals surface area contributed by atoms with Gasteiger partial charge in [0.2, 0.25) is 0 Å². The fraction of sp³-hybridized carbons (Fsp3) is 0.280. The van der Waals surface area contributed by atoms with E-state index in [1.54, 1.807) is 0 Å². The van der Waals surface area contributed by atoms with Crippen LogP contribution in [0.3, 0.4) is 0 Å². The minimum absolute atomic E-state index is 0.0351. The molecular formula is C25H26O5. The molecular weight excluding hydrogens is 380 g/mol. The van der Waals surface area contributed by atoms with Gasteiger partial charge in [-0.2, -0.15) is 0 Å². The standard InChI is InChI=1S/C25H26O5/c26-16-21-23(27)24(28)22(30-21)17-29-25(18-10-4-1-5-11-18,19-12-6-2-7-13-19)20-14-8-3-9-15-20/h1-15,21-24,26-28H,16-17H2. The molecule has 3 aromatic rings. The molecule has 5 nitrogen and oxygen atoms in total. The zero-order valence-electron chi connectivity index (χ0n) is 16.5. The van der Waals surface area contributed by atoms with Crippen molar-refractivity contribution in [2.24, 2.45) is 0 Å². The van der Waals surface area contributed by atoms with Crippen molar-refractivity contribution < 1.29 is 24.8 Å². The lowest BCUT2D eigenvalue weighted by molar-refractivity contribution is -0.0878. The van der Waals surface area contributed by atoms with E-state index in [0.717, 1.165) is 16.7 Å². The van der Waals surface area contributed by atoms with Crippen LogP contribution in [0.25, 0.3) is 0 Å². The summed E-state index contributed by atoms with van der Waals surface area (Å²) in [6.45, 7) is -0.330. The Hall–Kier alpha value is -2.54. The van der Waals surface area contributed by atoms with E-state index >= 15 is 0 Å². The number of aliphatic hydroxyl groups is 3. The summed E-state index contributed by atoms with van der Waals surface area (Å²) in [6.07, 6.45) is -3.87. The summed E-state index contributed by atoms with van der Waals surface area (Å²) in [4.78, 5) is 0. The van der Waals surface area contributed by atoms with E-state index in [4.69, 9.17) is 9.47 Å². The van der Waals surface area contributed by atoms with Crippen molar-refractivity contribution in [3.8, 4) is 0 Å². The van der Waals surface area contributed by atoms with Gasteiger partial charge in [0, 0.05) is 0 Å². The SMILES string of the molecule is OCC1OC(COC(c2ccccc2)(c2ccccc2)c2ccccc2)C(O)C1O. The Balaban J connectivity index is 1.78. The molecule has 1 fully saturated rings. The summed E-state index contributed by atoms with van der Waals surface area (Å²) < 4.78 is 12.3. The van der Waals surface area contributed by atoms with Crippen molar-refractivity contribution in [2.45, 2.75) is 30.0 Å². The fourth-order valence-corrected chi connectivity index (χ4v) is 4.09. The van der Waals surface area contributed by atoms with Crippen molar-refractivity contribution in [3.63, 3.8) is 0 Å². The maximum absolute atomic E-state index is 10.4. The van der Waals surface area contributed by atoms with Gasteiger partial charge in [-0.1, -0.05) is 91.0 Å². The van der Waals surface area contributed by atoms with Crippen molar-refractivity contribution in [1.82, 2.24) is 0 Å². The Kier molecular flexibility index (Phi) is 6.27. The smallest absolute Gasteiger partial charge is 0.143 e. The first-order valence-corrected chi connectivity index (χ1v) is 10.1. The molecule has 4 atom stereocenters. The van der Waals surface area contributed by atoms with Crippen molar-refractivity contribution in [1.29, 1.82) is 0 Å². The average Bonchev–Trinajstić information content (AvgIpc) is 3.09. The Morgan fingerprint density at radius 2 is 1.07 bits per heavy atom. The molecule has 0 radical (unpaired) electrons. The van der Waals surface area contributed by atoms with Gasteiger partial charge in [0.05, 0.1) is 13.2 Å². The van der Waals surface area contributed by atoms with Gasteiger partial charge in [-0.25, -0.2) is 0 Å². The van der Waals surface area contributed by atoms with E-state index in [1.165, 1.54) is 0 Å². The van der Waals surface area contributed by atoms with Crippen LogP contribution in [0.5, 0.6) is 0 Å². The number of benzene rings is 3. The Labute approximate surface area is 176 Å². The molecule has 0 aliphatic carbocycles. The molecule has 1 saturated heterocycles. The lowest BCUT2D eigenvalue weighted by Crippen LogP contribution is -2.39. The summed E-state index contributed by atoms with van der Waals surface area (Å²) in [5, 5.41) is 29.9. The van der Waals surface area contributed by atoms with Crippen molar-refractivity contribution in [3.05, 3.63) is 108 Å². The van der Waals surface area contributed by atoms with E-state index in [2.05, 4.69) is 0 Å². The van der Waals surface area contributed by atoms with Gasteiger partial charge in [0.1, 0.15) is 30.0 Å². The molecule has 1 aliphatic rings.